The molecule has 0 bridgehead atoms. The van der Waals surface area contributed by atoms with E-state index in [9.17, 15) is 14.7 Å². The Balaban J connectivity index is 1.84. The highest BCUT2D eigenvalue weighted by Gasteiger charge is 2.39. The van der Waals surface area contributed by atoms with E-state index < -0.39 is 11.9 Å². The fraction of sp³-hybridized carbons (Fsp3) is 0.556. The molecule has 1 N–H and O–H groups in total. The summed E-state index contributed by atoms with van der Waals surface area (Å²) in [5, 5.41) is 9.25. The first-order valence-corrected chi connectivity index (χ1v) is 8.15. The van der Waals surface area contributed by atoms with Crippen molar-refractivity contribution in [1.82, 2.24) is 4.90 Å². The summed E-state index contributed by atoms with van der Waals surface area (Å²) >= 11 is 0. The van der Waals surface area contributed by atoms with Gasteiger partial charge in [-0.1, -0.05) is 6.07 Å². The second kappa shape index (κ2) is 5.87. The molecule has 2 aliphatic rings. The largest absolute Gasteiger partial charge is 0.492 e. The van der Waals surface area contributed by atoms with Crippen molar-refractivity contribution in [2.24, 2.45) is 5.92 Å². The van der Waals surface area contributed by atoms with Gasteiger partial charge in [0.15, 0.2) is 0 Å². The third-order valence-electron chi connectivity index (χ3n) is 5.22. The van der Waals surface area contributed by atoms with Crippen molar-refractivity contribution < 1.29 is 19.4 Å². The summed E-state index contributed by atoms with van der Waals surface area (Å²) in [6.07, 6.45) is 1.37. The molecule has 0 aliphatic carbocycles. The summed E-state index contributed by atoms with van der Waals surface area (Å²) in [5.41, 5.74) is 3.22. The topological polar surface area (TPSA) is 66.8 Å². The Morgan fingerprint density at radius 1 is 1.22 bits per heavy atom. The first kappa shape index (κ1) is 15.8. The van der Waals surface area contributed by atoms with E-state index in [1.807, 2.05) is 32.9 Å². The molecule has 1 fully saturated rings. The van der Waals surface area contributed by atoms with Crippen LogP contribution >= 0.6 is 0 Å². The van der Waals surface area contributed by atoms with Gasteiger partial charge in [-0.15, -0.1) is 0 Å². The molecule has 1 aromatic rings. The van der Waals surface area contributed by atoms with Gasteiger partial charge in [-0.3, -0.25) is 9.59 Å². The monoisotopic (exact) mass is 317 g/mol. The highest BCUT2D eigenvalue weighted by Crippen LogP contribution is 2.38. The minimum absolute atomic E-state index is 0.00884. The molecule has 1 amide bonds. The van der Waals surface area contributed by atoms with Crippen molar-refractivity contribution in [3.05, 3.63) is 28.8 Å². The molecule has 1 saturated heterocycles. The van der Waals surface area contributed by atoms with Gasteiger partial charge >= 0.3 is 5.97 Å². The number of aryl methyl sites for hydroxylation is 2. The molecule has 0 radical (unpaired) electrons. The Morgan fingerprint density at radius 2 is 1.91 bits per heavy atom. The molecule has 3 rings (SSSR count). The number of likely N-dealkylation sites (tertiary alicyclic amines) is 1. The first-order chi connectivity index (χ1) is 10.9. The number of benzene rings is 1. The lowest BCUT2D eigenvalue weighted by Crippen LogP contribution is -2.49. The maximum absolute atomic E-state index is 13.0. The molecule has 2 heterocycles. The Labute approximate surface area is 136 Å². The molecule has 2 aliphatic heterocycles. The Bertz CT molecular complexity index is 655. The number of rotatable bonds is 2. The van der Waals surface area contributed by atoms with E-state index in [0.717, 1.165) is 28.9 Å². The molecular formula is C18H23NO4. The van der Waals surface area contributed by atoms with Crippen LogP contribution in [0.25, 0.3) is 0 Å². The number of carboxylic acids is 1. The number of amides is 1. The van der Waals surface area contributed by atoms with E-state index in [2.05, 4.69) is 0 Å². The van der Waals surface area contributed by atoms with Crippen LogP contribution in [0.15, 0.2) is 12.1 Å². The van der Waals surface area contributed by atoms with Gasteiger partial charge < -0.3 is 14.7 Å². The van der Waals surface area contributed by atoms with Gasteiger partial charge in [-0.25, -0.2) is 0 Å². The quantitative estimate of drug-likeness (QED) is 0.910. The highest BCUT2D eigenvalue weighted by molar-refractivity contribution is 5.86. The van der Waals surface area contributed by atoms with Crippen LogP contribution in [0.1, 0.15) is 42.4 Å². The van der Waals surface area contributed by atoms with Gasteiger partial charge in [0.1, 0.15) is 18.3 Å². The van der Waals surface area contributed by atoms with Gasteiger partial charge in [0.05, 0.1) is 5.92 Å². The summed E-state index contributed by atoms with van der Waals surface area (Å²) in [7, 11) is 0. The molecule has 0 aromatic heterocycles. The minimum atomic E-state index is -0.816. The van der Waals surface area contributed by atoms with E-state index in [1.54, 1.807) is 4.90 Å². The molecular weight excluding hydrogens is 294 g/mol. The number of ether oxygens (including phenoxy) is 1. The lowest BCUT2D eigenvalue weighted by molar-refractivity contribution is -0.147. The number of carbonyl (C=O) groups is 2. The van der Waals surface area contributed by atoms with Crippen LogP contribution in [0.3, 0.4) is 0 Å². The third-order valence-corrected chi connectivity index (χ3v) is 5.22. The Kier molecular flexibility index (Phi) is 4.04. The van der Waals surface area contributed by atoms with Crippen LogP contribution in [0, 0.1) is 19.8 Å². The summed E-state index contributed by atoms with van der Waals surface area (Å²) in [4.78, 5) is 26.0. The maximum Gasteiger partial charge on any atom is 0.308 e. The third kappa shape index (κ3) is 2.80. The van der Waals surface area contributed by atoms with Gasteiger partial charge in [0, 0.05) is 18.2 Å². The average molecular weight is 317 g/mol. The number of carboxylic acid groups (broad SMARTS) is 1. The second-order valence-electron chi connectivity index (χ2n) is 6.79. The maximum atomic E-state index is 13.0. The van der Waals surface area contributed by atoms with Crippen molar-refractivity contribution in [1.29, 1.82) is 0 Å². The van der Waals surface area contributed by atoms with Crippen molar-refractivity contribution in [3.63, 3.8) is 0 Å². The molecule has 124 valence electrons. The number of nitrogens with zero attached hydrogens (tertiary/aromatic N) is 1. The van der Waals surface area contributed by atoms with Crippen LogP contribution in [-0.2, 0) is 9.59 Å². The number of hydrogen-bond donors (Lipinski definition) is 1. The highest BCUT2D eigenvalue weighted by atomic mass is 16.5. The van der Waals surface area contributed by atoms with Crippen molar-refractivity contribution in [3.8, 4) is 5.75 Å². The number of aliphatic carboxylic acids is 1. The van der Waals surface area contributed by atoms with E-state index in [-0.39, 0.29) is 17.9 Å². The van der Waals surface area contributed by atoms with Gasteiger partial charge in [0.2, 0.25) is 5.91 Å². The smallest absolute Gasteiger partial charge is 0.308 e. The van der Waals surface area contributed by atoms with Gasteiger partial charge in [-0.05, 0) is 50.8 Å². The van der Waals surface area contributed by atoms with Crippen LogP contribution in [0.2, 0.25) is 0 Å². The predicted molar refractivity (Wildman–Crippen MR) is 85.7 cm³/mol. The summed E-state index contributed by atoms with van der Waals surface area (Å²) < 4.78 is 5.70. The number of fused-ring (bicyclic) bond motifs is 1. The van der Waals surface area contributed by atoms with E-state index in [4.69, 9.17) is 4.74 Å². The molecule has 0 spiro atoms. The van der Waals surface area contributed by atoms with Crippen molar-refractivity contribution >= 4 is 11.9 Å². The van der Waals surface area contributed by atoms with Crippen LogP contribution < -0.4 is 4.74 Å². The van der Waals surface area contributed by atoms with E-state index in [0.29, 0.717) is 19.6 Å². The Morgan fingerprint density at radius 3 is 2.61 bits per heavy atom. The number of hydrogen-bond acceptors (Lipinski definition) is 3. The molecule has 0 saturated carbocycles. The first-order valence-electron chi connectivity index (χ1n) is 8.15. The van der Waals surface area contributed by atoms with E-state index in [1.165, 1.54) is 0 Å². The van der Waals surface area contributed by atoms with Crippen LogP contribution in [0.5, 0.6) is 5.75 Å². The fourth-order valence-corrected chi connectivity index (χ4v) is 3.49. The lowest BCUT2D eigenvalue weighted by Gasteiger charge is -2.37. The standard InChI is InChI=1S/C18H23NO4/c1-10-6-14-15(9-23-16(14)7-11(10)2)17(20)19-8-13(18(21)22)5-4-12(19)3/h6-7,12-13,15H,4-5,8-9H2,1-3H3,(H,21,22). The molecule has 3 atom stereocenters. The Hall–Kier alpha value is -2.04. The summed E-state index contributed by atoms with van der Waals surface area (Å²) in [5.74, 6) is -0.823. The average Bonchev–Trinajstić information content (AvgIpc) is 2.90. The lowest BCUT2D eigenvalue weighted by atomic mass is 9.90. The predicted octanol–water partition coefficient (Wildman–Crippen LogP) is 2.49. The van der Waals surface area contributed by atoms with E-state index >= 15 is 0 Å². The zero-order valence-electron chi connectivity index (χ0n) is 13.8. The minimum Gasteiger partial charge on any atom is -0.492 e. The van der Waals surface area contributed by atoms with Crippen molar-refractivity contribution in [2.75, 3.05) is 13.2 Å². The molecule has 5 heteroatoms. The fourth-order valence-electron chi connectivity index (χ4n) is 3.49. The molecule has 23 heavy (non-hydrogen) atoms. The van der Waals surface area contributed by atoms with Crippen LogP contribution in [0.4, 0.5) is 0 Å². The summed E-state index contributed by atoms with van der Waals surface area (Å²) in [6, 6.07) is 4.09. The van der Waals surface area contributed by atoms with Crippen molar-refractivity contribution in [2.45, 2.75) is 45.6 Å². The van der Waals surface area contributed by atoms with Gasteiger partial charge in [-0.2, -0.15) is 0 Å². The van der Waals surface area contributed by atoms with Gasteiger partial charge in [0.25, 0.3) is 0 Å². The second-order valence-corrected chi connectivity index (χ2v) is 6.79. The normalized spacial score (nSPS) is 26.6. The van der Waals surface area contributed by atoms with Crippen LogP contribution in [-0.4, -0.2) is 41.1 Å². The molecule has 3 unspecified atom stereocenters. The number of piperidine rings is 1. The molecule has 1 aromatic carbocycles. The number of carbonyl (C=O) groups excluding carboxylic acids is 1. The molecule has 5 nitrogen and oxygen atoms in total. The zero-order valence-corrected chi connectivity index (χ0v) is 13.8. The zero-order chi connectivity index (χ0) is 16.7. The summed E-state index contributed by atoms with van der Waals surface area (Å²) in [6.45, 7) is 6.69. The SMILES string of the molecule is Cc1cc2c(cc1C)C(C(=O)N1CC(C(=O)O)CCC1C)CO2.